The third-order valence-electron chi connectivity index (χ3n) is 3.33. The van der Waals surface area contributed by atoms with Gasteiger partial charge in [0.2, 0.25) is 0 Å². The van der Waals surface area contributed by atoms with Crippen molar-refractivity contribution in [3.63, 3.8) is 0 Å². The molecule has 0 fully saturated rings. The molecule has 0 saturated heterocycles. The lowest BCUT2D eigenvalue weighted by Gasteiger charge is -2.19. The highest BCUT2D eigenvalue weighted by Gasteiger charge is 2.18. The van der Waals surface area contributed by atoms with Crippen molar-refractivity contribution in [2.45, 2.75) is 5.92 Å². The lowest BCUT2D eigenvalue weighted by molar-refractivity contribution is 0.239. The molecule has 2 aromatic carbocycles. The minimum absolute atomic E-state index is 0.0401. The van der Waals surface area contributed by atoms with Gasteiger partial charge in [-0.2, -0.15) is 0 Å². The number of carbonyl (C=O) groups excluding carboxylic acids is 1. The SMILES string of the molecule is O=C(NCCF)NCC(c1ccccc1)c1ccccc1F. The maximum absolute atomic E-state index is 14.1. The van der Waals surface area contributed by atoms with Crippen LogP contribution in [0.2, 0.25) is 0 Å². The van der Waals surface area contributed by atoms with Gasteiger partial charge in [0.05, 0.1) is 0 Å². The molecule has 2 amide bonds. The van der Waals surface area contributed by atoms with Crippen molar-refractivity contribution in [3.05, 3.63) is 71.5 Å². The molecule has 0 spiro atoms. The number of nitrogens with one attached hydrogen (secondary N) is 2. The van der Waals surface area contributed by atoms with E-state index in [1.807, 2.05) is 30.3 Å². The number of carbonyl (C=O) groups is 1. The van der Waals surface area contributed by atoms with Crippen LogP contribution in [-0.4, -0.2) is 25.8 Å². The van der Waals surface area contributed by atoms with Crippen LogP contribution in [0.25, 0.3) is 0 Å². The van der Waals surface area contributed by atoms with Gasteiger partial charge in [0.15, 0.2) is 0 Å². The van der Waals surface area contributed by atoms with Crippen molar-refractivity contribution in [1.29, 1.82) is 0 Å². The van der Waals surface area contributed by atoms with E-state index >= 15 is 0 Å². The second kappa shape index (κ2) is 8.12. The van der Waals surface area contributed by atoms with Crippen LogP contribution >= 0.6 is 0 Å². The number of amides is 2. The zero-order valence-electron chi connectivity index (χ0n) is 12.1. The van der Waals surface area contributed by atoms with E-state index in [4.69, 9.17) is 0 Å². The Kier molecular flexibility index (Phi) is 5.89. The average molecular weight is 304 g/mol. The summed E-state index contributed by atoms with van der Waals surface area (Å²) < 4.78 is 26.1. The molecule has 1 unspecified atom stereocenters. The first-order chi connectivity index (χ1) is 10.7. The molecule has 0 heterocycles. The predicted molar refractivity (Wildman–Crippen MR) is 82.1 cm³/mol. The number of benzene rings is 2. The normalized spacial score (nSPS) is 11.7. The van der Waals surface area contributed by atoms with Crippen molar-refractivity contribution >= 4 is 6.03 Å². The van der Waals surface area contributed by atoms with Gasteiger partial charge in [0, 0.05) is 19.0 Å². The Hall–Kier alpha value is -2.43. The van der Waals surface area contributed by atoms with Crippen LogP contribution < -0.4 is 10.6 Å². The van der Waals surface area contributed by atoms with Crippen molar-refractivity contribution in [2.75, 3.05) is 19.8 Å². The maximum atomic E-state index is 14.1. The molecule has 5 heteroatoms. The second-order valence-electron chi connectivity index (χ2n) is 4.81. The molecular weight excluding hydrogens is 286 g/mol. The third kappa shape index (κ3) is 4.28. The Labute approximate surface area is 128 Å². The zero-order valence-corrected chi connectivity index (χ0v) is 12.1. The van der Waals surface area contributed by atoms with Crippen LogP contribution in [0.15, 0.2) is 54.6 Å². The molecule has 2 N–H and O–H groups in total. The molecule has 0 aromatic heterocycles. The van der Waals surface area contributed by atoms with Gasteiger partial charge in [0.25, 0.3) is 0 Å². The van der Waals surface area contributed by atoms with Crippen molar-refractivity contribution in [1.82, 2.24) is 10.6 Å². The maximum Gasteiger partial charge on any atom is 0.314 e. The molecule has 0 radical (unpaired) electrons. The molecule has 0 bridgehead atoms. The fraction of sp³-hybridized carbons (Fsp3) is 0.235. The summed E-state index contributed by atoms with van der Waals surface area (Å²) >= 11 is 0. The molecule has 3 nitrogen and oxygen atoms in total. The van der Waals surface area contributed by atoms with Crippen LogP contribution in [0, 0.1) is 5.82 Å². The Morgan fingerprint density at radius 2 is 1.68 bits per heavy atom. The van der Waals surface area contributed by atoms with Crippen molar-refractivity contribution < 1.29 is 13.6 Å². The molecule has 2 rings (SSSR count). The summed E-state index contributed by atoms with van der Waals surface area (Å²) in [6.45, 7) is -0.437. The minimum Gasteiger partial charge on any atom is -0.337 e. The first-order valence-corrected chi connectivity index (χ1v) is 7.09. The fourth-order valence-electron chi connectivity index (χ4n) is 2.27. The van der Waals surface area contributed by atoms with Gasteiger partial charge in [-0.1, -0.05) is 48.5 Å². The van der Waals surface area contributed by atoms with E-state index in [9.17, 15) is 13.6 Å². The number of urea groups is 1. The topological polar surface area (TPSA) is 41.1 Å². The highest BCUT2D eigenvalue weighted by atomic mass is 19.1. The van der Waals surface area contributed by atoms with Gasteiger partial charge in [0.1, 0.15) is 12.5 Å². The molecule has 2 aromatic rings. The number of rotatable bonds is 6. The van der Waals surface area contributed by atoms with Gasteiger partial charge in [-0.3, -0.25) is 0 Å². The lowest BCUT2D eigenvalue weighted by Crippen LogP contribution is -2.39. The summed E-state index contributed by atoms with van der Waals surface area (Å²) in [6.07, 6.45) is 0. The van der Waals surface area contributed by atoms with E-state index < -0.39 is 12.7 Å². The van der Waals surface area contributed by atoms with Crippen LogP contribution in [0.4, 0.5) is 13.6 Å². The van der Waals surface area contributed by atoms with Crippen molar-refractivity contribution in [3.8, 4) is 0 Å². The number of hydrogen-bond donors (Lipinski definition) is 2. The van der Waals surface area contributed by atoms with Gasteiger partial charge in [-0.05, 0) is 17.2 Å². The number of alkyl halides is 1. The van der Waals surface area contributed by atoms with E-state index in [1.54, 1.807) is 18.2 Å². The summed E-state index contributed by atoms with van der Waals surface area (Å²) in [5, 5.41) is 5.04. The highest BCUT2D eigenvalue weighted by Crippen LogP contribution is 2.26. The number of hydrogen-bond acceptors (Lipinski definition) is 1. The highest BCUT2D eigenvalue weighted by molar-refractivity contribution is 5.73. The van der Waals surface area contributed by atoms with E-state index in [1.165, 1.54) is 6.07 Å². The fourth-order valence-corrected chi connectivity index (χ4v) is 2.27. The average Bonchev–Trinajstić information content (AvgIpc) is 2.55. The third-order valence-corrected chi connectivity index (χ3v) is 3.33. The summed E-state index contributed by atoms with van der Waals surface area (Å²) in [6, 6.07) is 15.4. The van der Waals surface area contributed by atoms with E-state index in [0.717, 1.165) is 5.56 Å². The first-order valence-electron chi connectivity index (χ1n) is 7.09. The summed E-state index contributed by atoms with van der Waals surface area (Å²) in [4.78, 5) is 11.6. The standard InChI is InChI=1S/C17H18F2N2O/c18-10-11-20-17(22)21-12-15(13-6-2-1-3-7-13)14-8-4-5-9-16(14)19/h1-9,15H,10-12H2,(H2,20,21,22). The summed E-state index contributed by atoms with van der Waals surface area (Å²) in [7, 11) is 0. The van der Waals surface area contributed by atoms with Gasteiger partial charge >= 0.3 is 6.03 Å². The summed E-state index contributed by atoms with van der Waals surface area (Å²) in [5.41, 5.74) is 1.41. The lowest BCUT2D eigenvalue weighted by atomic mass is 9.91. The number of halogens is 2. The van der Waals surface area contributed by atoms with Gasteiger partial charge in [-0.15, -0.1) is 0 Å². The van der Waals surface area contributed by atoms with E-state index in [2.05, 4.69) is 10.6 Å². The smallest absolute Gasteiger partial charge is 0.314 e. The Balaban J connectivity index is 2.17. The van der Waals surface area contributed by atoms with E-state index in [-0.39, 0.29) is 24.8 Å². The molecular formula is C17H18F2N2O. The minimum atomic E-state index is -0.622. The Morgan fingerprint density at radius 3 is 2.36 bits per heavy atom. The molecule has 0 saturated carbocycles. The predicted octanol–water partition coefficient (Wildman–Crippen LogP) is 3.23. The Bertz CT molecular complexity index is 605. The van der Waals surface area contributed by atoms with Crippen LogP contribution in [0.1, 0.15) is 17.0 Å². The van der Waals surface area contributed by atoms with Crippen LogP contribution in [0.3, 0.4) is 0 Å². The van der Waals surface area contributed by atoms with Crippen molar-refractivity contribution in [2.24, 2.45) is 0 Å². The largest absolute Gasteiger partial charge is 0.337 e. The van der Waals surface area contributed by atoms with Gasteiger partial charge < -0.3 is 10.6 Å². The summed E-state index contributed by atoms with van der Waals surface area (Å²) in [5.74, 6) is -0.624. The van der Waals surface area contributed by atoms with E-state index in [0.29, 0.717) is 5.56 Å². The van der Waals surface area contributed by atoms with Crippen LogP contribution in [0.5, 0.6) is 0 Å². The molecule has 22 heavy (non-hydrogen) atoms. The second-order valence-corrected chi connectivity index (χ2v) is 4.81. The molecule has 1 atom stereocenters. The quantitative estimate of drug-likeness (QED) is 0.845. The Morgan fingerprint density at radius 1 is 1.00 bits per heavy atom. The molecule has 0 aliphatic heterocycles. The molecule has 0 aliphatic rings. The van der Waals surface area contributed by atoms with Gasteiger partial charge in [-0.25, -0.2) is 13.6 Å². The molecule has 0 aliphatic carbocycles. The van der Waals surface area contributed by atoms with Crippen LogP contribution in [-0.2, 0) is 0 Å². The zero-order chi connectivity index (χ0) is 15.8. The first kappa shape index (κ1) is 15.9. The monoisotopic (exact) mass is 304 g/mol. The molecule has 116 valence electrons.